The van der Waals surface area contributed by atoms with E-state index in [4.69, 9.17) is 4.52 Å². The summed E-state index contributed by atoms with van der Waals surface area (Å²) in [5.41, 5.74) is 0. The maximum Gasteiger partial charge on any atom is 0.372 e. The molecule has 0 spiro atoms. The predicted octanol–water partition coefficient (Wildman–Crippen LogP) is 5.89. The van der Waals surface area contributed by atoms with Gasteiger partial charge in [-0.05, 0) is 6.42 Å². The summed E-state index contributed by atoms with van der Waals surface area (Å²) < 4.78 is 13.9. The second-order valence-electron chi connectivity index (χ2n) is 6.40. The van der Waals surface area contributed by atoms with Crippen molar-refractivity contribution >= 4 is 7.94 Å². The molecular formula is C23H41N3OP+. The molecule has 0 aromatic rings. The number of hydrogen-bond donors (Lipinski definition) is 0. The molecule has 0 amide bonds. The SMILES string of the molecule is C=CCN(CC=C)[P+](OCCCCC)(N(CC=C)CC=C)N(CC=C)CC=C. The van der Waals surface area contributed by atoms with Gasteiger partial charge in [0.05, 0.1) is 45.9 Å². The van der Waals surface area contributed by atoms with E-state index in [0.717, 1.165) is 19.3 Å². The zero-order valence-corrected chi connectivity index (χ0v) is 18.9. The molecule has 0 aromatic heterocycles. The Morgan fingerprint density at radius 2 is 0.929 bits per heavy atom. The van der Waals surface area contributed by atoms with Crippen molar-refractivity contribution in [2.45, 2.75) is 26.2 Å². The highest BCUT2D eigenvalue weighted by atomic mass is 31.2. The molecular weight excluding hydrogens is 365 g/mol. The summed E-state index contributed by atoms with van der Waals surface area (Å²) in [6.07, 6.45) is 14.9. The summed E-state index contributed by atoms with van der Waals surface area (Å²) in [4.78, 5) is 0. The van der Waals surface area contributed by atoms with Crippen LogP contribution < -0.4 is 0 Å². The highest BCUT2D eigenvalue weighted by molar-refractivity contribution is 7.64. The van der Waals surface area contributed by atoms with Crippen LogP contribution in [0, 0.1) is 0 Å². The Morgan fingerprint density at radius 1 is 0.607 bits per heavy atom. The van der Waals surface area contributed by atoms with Crippen LogP contribution in [0.3, 0.4) is 0 Å². The molecule has 0 aliphatic heterocycles. The van der Waals surface area contributed by atoms with Gasteiger partial charge < -0.3 is 0 Å². The summed E-state index contributed by atoms with van der Waals surface area (Å²) in [6, 6.07) is 0. The van der Waals surface area contributed by atoms with Gasteiger partial charge in [0.2, 0.25) is 0 Å². The minimum atomic E-state index is -2.39. The molecule has 0 bridgehead atoms. The summed E-state index contributed by atoms with van der Waals surface area (Å²) in [7, 11) is -2.39. The van der Waals surface area contributed by atoms with Gasteiger partial charge in [-0.2, -0.15) is 4.52 Å². The molecule has 4 nitrogen and oxygen atoms in total. The van der Waals surface area contributed by atoms with Crippen molar-refractivity contribution in [2.75, 3.05) is 45.9 Å². The van der Waals surface area contributed by atoms with Crippen molar-refractivity contribution in [1.82, 2.24) is 14.0 Å². The molecule has 0 atom stereocenters. The minimum absolute atomic E-state index is 0.696. The fourth-order valence-electron chi connectivity index (χ4n) is 3.08. The first-order chi connectivity index (χ1) is 13.6. The summed E-state index contributed by atoms with van der Waals surface area (Å²) in [6.45, 7) is 30.9. The molecule has 0 aromatic carbocycles. The Kier molecular flexibility index (Phi) is 15.9. The van der Waals surface area contributed by atoms with Gasteiger partial charge in [-0.25, -0.2) is 0 Å². The molecule has 0 saturated carbocycles. The third-order valence-electron chi connectivity index (χ3n) is 4.16. The molecule has 0 rings (SSSR count). The smallest absolute Gasteiger partial charge is 0.181 e. The molecule has 28 heavy (non-hydrogen) atoms. The van der Waals surface area contributed by atoms with Crippen LogP contribution in [-0.2, 0) is 4.52 Å². The first kappa shape index (κ1) is 26.7. The van der Waals surface area contributed by atoms with E-state index in [-0.39, 0.29) is 0 Å². The third-order valence-corrected chi connectivity index (χ3v) is 7.88. The first-order valence-electron chi connectivity index (χ1n) is 10.1. The highest BCUT2D eigenvalue weighted by Crippen LogP contribution is 2.68. The fourth-order valence-corrected chi connectivity index (χ4v) is 6.98. The Balaban J connectivity index is 6.42. The van der Waals surface area contributed by atoms with E-state index < -0.39 is 7.94 Å². The van der Waals surface area contributed by atoms with Gasteiger partial charge in [0.1, 0.15) is 0 Å². The van der Waals surface area contributed by atoms with E-state index in [9.17, 15) is 0 Å². The van der Waals surface area contributed by atoms with E-state index in [1.807, 2.05) is 36.5 Å². The molecule has 0 saturated heterocycles. The predicted molar refractivity (Wildman–Crippen MR) is 128 cm³/mol. The lowest BCUT2D eigenvalue weighted by Crippen LogP contribution is -2.47. The van der Waals surface area contributed by atoms with Crippen LogP contribution >= 0.6 is 7.94 Å². The van der Waals surface area contributed by atoms with Crippen molar-refractivity contribution in [3.8, 4) is 0 Å². The maximum absolute atomic E-state index is 6.84. The molecule has 5 heteroatoms. The molecule has 0 radical (unpaired) electrons. The van der Waals surface area contributed by atoms with Crippen LogP contribution in [0.15, 0.2) is 75.9 Å². The van der Waals surface area contributed by atoms with E-state index >= 15 is 0 Å². The lowest BCUT2D eigenvalue weighted by molar-refractivity contribution is 0.204. The standard InChI is InChI=1S/C23H41N3OP/c1-8-15-16-23-27-28(24(17-9-2)18-10-3,25(19-11-4)20-12-5)26(21-13-6)22-14-7/h9-14H,2-8,15-23H2,1H3/q+1. The zero-order chi connectivity index (χ0) is 21.3. The minimum Gasteiger partial charge on any atom is -0.181 e. The van der Waals surface area contributed by atoms with Crippen LogP contribution in [-0.4, -0.2) is 59.9 Å². The molecule has 0 heterocycles. The van der Waals surface area contributed by atoms with Gasteiger partial charge in [-0.15, -0.1) is 53.5 Å². The second kappa shape index (κ2) is 16.6. The second-order valence-corrected chi connectivity index (χ2v) is 9.38. The normalized spacial score (nSPS) is 11.6. The monoisotopic (exact) mass is 406 g/mol. The molecule has 0 aliphatic carbocycles. The van der Waals surface area contributed by atoms with E-state index in [1.54, 1.807) is 0 Å². The molecule has 158 valence electrons. The number of rotatable bonds is 20. The summed E-state index contributed by atoms with van der Waals surface area (Å²) in [5.74, 6) is 0. The van der Waals surface area contributed by atoms with Gasteiger partial charge >= 0.3 is 7.94 Å². The molecule has 0 aliphatic rings. The van der Waals surface area contributed by atoms with Gasteiger partial charge in [0.15, 0.2) is 0 Å². The fraction of sp³-hybridized carbons (Fsp3) is 0.478. The summed E-state index contributed by atoms with van der Waals surface area (Å²) in [5, 5.41) is 0. The van der Waals surface area contributed by atoms with Crippen molar-refractivity contribution < 1.29 is 4.52 Å². The summed E-state index contributed by atoms with van der Waals surface area (Å²) >= 11 is 0. The first-order valence-corrected chi connectivity index (χ1v) is 11.6. The molecule has 0 N–H and O–H groups in total. The van der Waals surface area contributed by atoms with Crippen LogP contribution in [0.1, 0.15) is 26.2 Å². The Hall–Kier alpha value is -1.29. The Morgan fingerprint density at radius 3 is 1.18 bits per heavy atom. The quantitative estimate of drug-likeness (QED) is 0.142. The van der Waals surface area contributed by atoms with E-state index in [2.05, 4.69) is 60.4 Å². The third kappa shape index (κ3) is 7.98. The van der Waals surface area contributed by atoms with E-state index in [1.165, 1.54) is 0 Å². The van der Waals surface area contributed by atoms with Crippen molar-refractivity contribution in [3.63, 3.8) is 0 Å². The van der Waals surface area contributed by atoms with Crippen LogP contribution in [0.25, 0.3) is 0 Å². The average molecular weight is 407 g/mol. The van der Waals surface area contributed by atoms with Crippen LogP contribution in [0.5, 0.6) is 0 Å². The topological polar surface area (TPSA) is 19.0 Å². The molecule has 0 unspecified atom stereocenters. The van der Waals surface area contributed by atoms with Crippen LogP contribution in [0.4, 0.5) is 0 Å². The van der Waals surface area contributed by atoms with Gasteiger partial charge in [-0.1, -0.05) is 56.2 Å². The highest BCUT2D eigenvalue weighted by Gasteiger charge is 2.57. The van der Waals surface area contributed by atoms with Crippen molar-refractivity contribution in [2.24, 2.45) is 0 Å². The maximum atomic E-state index is 6.84. The lowest BCUT2D eigenvalue weighted by Gasteiger charge is -2.44. The van der Waals surface area contributed by atoms with Crippen molar-refractivity contribution in [3.05, 3.63) is 75.9 Å². The zero-order valence-electron chi connectivity index (χ0n) is 18.0. The van der Waals surface area contributed by atoms with Crippen LogP contribution in [0.2, 0.25) is 0 Å². The van der Waals surface area contributed by atoms with Gasteiger partial charge in [0.25, 0.3) is 0 Å². The molecule has 0 fully saturated rings. The largest absolute Gasteiger partial charge is 0.372 e. The number of hydrogen-bond acceptors (Lipinski definition) is 4. The lowest BCUT2D eigenvalue weighted by atomic mass is 10.3. The Bertz CT molecular complexity index is 402. The van der Waals surface area contributed by atoms with Gasteiger partial charge in [-0.3, -0.25) is 0 Å². The number of nitrogens with zero attached hydrogens (tertiary/aromatic N) is 3. The number of unbranched alkanes of at least 4 members (excludes halogenated alkanes) is 2. The van der Waals surface area contributed by atoms with E-state index in [0.29, 0.717) is 45.9 Å². The average Bonchev–Trinajstić information content (AvgIpc) is 2.68. The van der Waals surface area contributed by atoms with Crippen molar-refractivity contribution in [1.29, 1.82) is 0 Å². The Labute approximate surface area is 174 Å². The van der Waals surface area contributed by atoms with Gasteiger partial charge in [0, 0.05) is 0 Å².